The first-order valence-corrected chi connectivity index (χ1v) is 9.41. The van der Waals surface area contributed by atoms with Crippen LogP contribution in [0.4, 0.5) is 13.2 Å². The van der Waals surface area contributed by atoms with E-state index in [9.17, 15) is 27.9 Å². The first kappa shape index (κ1) is 20.9. The van der Waals surface area contributed by atoms with E-state index >= 15 is 0 Å². The minimum absolute atomic E-state index is 0.0386. The van der Waals surface area contributed by atoms with Crippen molar-refractivity contribution in [1.29, 1.82) is 0 Å². The molecule has 0 saturated carbocycles. The lowest BCUT2D eigenvalue weighted by Gasteiger charge is -2.33. The van der Waals surface area contributed by atoms with Gasteiger partial charge in [-0.3, -0.25) is 9.59 Å². The van der Waals surface area contributed by atoms with Crippen LogP contribution in [0, 0.1) is 12.8 Å². The summed E-state index contributed by atoms with van der Waals surface area (Å²) in [7, 11) is 0. The van der Waals surface area contributed by atoms with Gasteiger partial charge in [-0.1, -0.05) is 29.8 Å². The highest BCUT2D eigenvalue weighted by Gasteiger charge is 2.35. The number of ketones is 1. The number of Topliss-reactive ketones (excluding diaryl/α,β-unsaturated/α-hetero) is 1. The number of amides is 1. The predicted molar refractivity (Wildman–Crippen MR) is 101 cm³/mol. The molecule has 7 heteroatoms. The lowest BCUT2D eigenvalue weighted by molar-refractivity contribution is -0.141. The van der Waals surface area contributed by atoms with Gasteiger partial charge in [0.15, 0.2) is 5.78 Å². The Morgan fingerprint density at radius 2 is 1.93 bits per heavy atom. The number of halogens is 3. The lowest BCUT2D eigenvalue weighted by atomic mass is 9.89. The minimum Gasteiger partial charge on any atom is -0.507 e. The molecule has 0 aromatic heterocycles. The maximum atomic E-state index is 13.2. The lowest BCUT2D eigenvalue weighted by Crippen LogP contribution is -2.40. The number of alkyl halides is 3. The number of hydrogen-bond donors (Lipinski definition) is 1. The molecule has 1 fully saturated rings. The van der Waals surface area contributed by atoms with Crippen molar-refractivity contribution in [3.63, 3.8) is 0 Å². The van der Waals surface area contributed by atoms with Crippen molar-refractivity contribution in [3.8, 4) is 5.75 Å². The average molecular weight is 405 g/mol. The molecule has 29 heavy (non-hydrogen) atoms. The van der Waals surface area contributed by atoms with Gasteiger partial charge < -0.3 is 10.0 Å². The van der Waals surface area contributed by atoms with Gasteiger partial charge in [-0.05, 0) is 43.0 Å². The van der Waals surface area contributed by atoms with Gasteiger partial charge in [0.05, 0.1) is 11.1 Å². The summed E-state index contributed by atoms with van der Waals surface area (Å²) < 4.78 is 39.7. The number of carbonyl (C=O) groups is 2. The standard InChI is InChI=1S/C22H22F3NO3/c1-14-6-8-19(27)17(10-14)20(28)11-15-7-9-21(29)26(12-15)13-16-4-2-3-5-18(16)22(23,24)25/h2-6,8,10,15,27H,7,9,11-13H2,1H3. The van der Waals surface area contributed by atoms with Crippen LogP contribution in [0.3, 0.4) is 0 Å². The van der Waals surface area contributed by atoms with E-state index in [1.165, 1.54) is 29.2 Å². The van der Waals surface area contributed by atoms with E-state index in [-0.39, 0.29) is 60.4 Å². The maximum Gasteiger partial charge on any atom is 0.416 e. The van der Waals surface area contributed by atoms with Gasteiger partial charge in [0, 0.05) is 25.9 Å². The molecule has 2 aromatic rings. The second-order valence-electron chi connectivity index (χ2n) is 7.48. The summed E-state index contributed by atoms with van der Waals surface area (Å²) >= 11 is 0. The largest absolute Gasteiger partial charge is 0.507 e. The van der Waals surface area contributed by atoms with Crippen LogP contribution in [0.2, 0.25) is 0 Å². The summed E-state index contributed by atoms with van der Waals surface area (Å²) in [6.07, 6.45) is -3.68. The van der Waals surface area contributed by atoms with Crippen LogP contribution in [-0.4, -0.2) is 28.2 Å². The summed E-state index contributed by atoms with van der Waals surface area (Å²) in [5, 5.41) is 9.94. The number of carbonyl (C=O) groups excluding carboxylic acids is 2. The van der Waals surface area contributed by atoms with E-state index in [1.807, 2.05) is 6.92 Å². The van der Waals surface area contributed by atoms with Gasteiger partial charge in [-0.25, -0.2) is 0 Å². The molecule has 1 N–H and O–H groups in total. The van der Waals surface area contributed by atoms with E-state index in [0.29, 0.717) is 6.42 Å². The van der Waals surface area contributed by atoms with E-state index in [0.717, 1.165) is 11.6 Å². The minimum atomic E-state index is -4.49. The quantitative estimate of drug-likeness (QED) is 0.732. The molecular formula is C22H22F3NO3. The second kappa shape index (κ2) is 8.27. The Balaban J connectivity index is 1.72. The van der Waals surface area contributed by atoms with Gasteiger partial charge in [0.1, 0.15) is 5.75 Å². The maximum absolute atomic E-state index is 13.2. The average Bonchev–Trinajstić information content (AvgIpc) is 2.66. The number of benzene rings is 2. The van der Waals surface area contributed by atoms with E-state index in [4.69, 9.17) is 0 Å². The number of aromatic hydroxyl groups is 1. The molecule has 3 rings (SSSR count). The zero-order valence-corrected chi connectivity index (χ0v) is 16.0. The molecule has 1 unspecified atom stereocenters. The molecule has 0 spiro atoms. The number of nitrogens with zero attached hydrogens (tertiary/aromatic N) is 1. The molecule has 1 atom stereocenters. The summed E-state index contributed by atoms with van der Waals surface area (Å²) in [6, 6.07) is 9.99. The Morgan fingerprint density at radius 1 is 1.21 bits per heavy atom. The van der Waals surface area contributed by atoms with Crippen LogP contribution in [0.1, 0.15) is 46.3 Å². The molecule has 4 nitrogen and oxygen atoms in total. The molecule has 1 saturated heterocycles. The van der Waals surface area contributed by atoms with Crippen molar-refractivity contribution in [2.24, 2.45) is 5.92 Å². The number of piperidine rings is 1. The first-order valence-electron chi connectivity index (χ1n) is 9.41. The SMILES string of the molecule is Cc1ccc(O)c(C(=O)CC2CCC(=O)N(Cc3ccccc3C(F)(F)F)C2)c1. The Bertz CT molecular complexity index is 924. The molecule has 1 aliphatic rings. The smallest absolute Gasteiger partial charge is 0.416 e. The van der Waals surface area contributed by atoms with E-state index < -0.39 is 11.7 Å². The third-order valence-corrected chi connectivity index (χ3v) is 5.21. The fraction of sp³-hybridized carbons (Fsp3) is 0.364. The topological polar surface area (TPSA) is 57.6 Å². The number of phenols is 1. The Labute approximate surface area is 167 Å². The van der Waals surface area contributed by atoms with E-state index in [1.54, 1.807) is 12.1 Å². The number of hydrogen-bond acceptors (Lipinski definition) is 3. The molecule has 1 amide bonds. The number of likely N-dealkylation sites (tertiary alicyclic amines) is 1. The summed E-state index contributed by atoms with van der Waals surface area (Å²) in [5.74, 6) is -0.716. The van der Waals surface area contributed by atoms with Crippen LogP contribution in [0.25, 0.3) is 0 Å². The molecular weight excluding hydrogens is 383 g/mol. The highest BCUT2D eigenvalue weighted by atomic mass is 19.4. The monoisotopic (exact) mass is 405 g/mol. The molecule has 0 radical (unpaired) electrons. The van der Waals surface area contributed by atoms with Gasteiger partial charge in [-0.2, -0.15) is 13.2 Å². The third-order valence-electron chi connectivity index (χ3n) is 5.21. The van der Waals surface area contributed by atoms with Crippen molar-refractivity contribution in [3.05, 3.63) is 64.7 Å². The molecule has 1 aliphatic heterocycles. The van der Waals surface area contributed by atoms with Crippen LogP contribution < -0.4 is 0 Å². The Kier molecular flexibility index (Phi) is 5.96. The number of phenolic OH excluding ortho intramolecular Hbond substituents is 1. The Hall–Kier alpha value is -2.83. The van der Waals surface area contributed by atoms with Crippen molar-refractivity contribution in [2.45, 2.75) is 38.9 Å². The van der Waals surface area contributed by atoms with Crippen LogP contribution in [-0.2, 0) is 17.5 Å². The summed E-state index contributed by atoms with van der Waals surface area (Å²) in [6.45, 7) is 1.88. The molecule has 1 heterocycles. The van der Waals surface area contributed by atoms with E-state index in [2.05, 4.69) is 0 Å². The Morgan fingerprint density at radius 3 is 2.66 bits per heavy atom. The summed E-state index contributed by atoms with van der Waals surface area (Å²) in [5.41, 5.74) is 0.360. The fourth-order valence-electron chi connectivity index (χ4n) is 3.70. The fourth-order valence-corrected chi connectivity index (χ4v) is 3.70. The second-order valence-corrected chi connectivity index (χ2v) is 7.48. The van der Waals surface area contributed by atoms with Crippen LogP contribution in [0.5, 0.6) is 5.75 Å². The van der Waals surface area contributed by atoms with Gasteiger partial charge in [0.25, 0.3) is 0 Å². The molecule has 154 valence electrons. The zero-order valence-electron chi connectivity index (χ0n) is 16.0. The zero-order chi connectivity index (χ0) is 21.2. The van der Waals surface area contributed by atoms with Crippen molar-refractivity contribution in [1.82, 2.24) is 4.90 Å². The van der Waals surface area contributed by atoms with Crippen LogP contribution in [0.15, 0.2) is 42.5 Å². The van der Waals surface area contributed by atoms with Crippen molar-refractivity contribution in [2.75, 3.05) is 6.54 Å². The third kappa shape index (κ3) is 4.96. The van der Waals surface area contributed by atoms with Crippen molar-refractivity contribution >= 4 is 11.7 Å². The first-order chi connectivity index (χ1) is 13.6. The van der Waals surface area contributed by atoms with Gasteiger partial charge >= 0.3 is 6.18 Å². The molecule has 0 bridgehead atoms. The normalized spacial score (nSPS) is 17.4. The molecule has 2 aromatic carbocycles. The van der Waals surface area contributed by atoms with Crippen LogP contribution >= 0.6 is 0 Å². The van der Waals surface area contributed by atoms with Gasteiger partial charge in [0.2, 0.25) is 5.91 Å². The highest BCUT2D eigenvalue weighted by Crippen LogP contribution is 2.33. The summed E-state index contributed by atoms with van der Waals surface area (Å²) in [4.78, 5) is 26.3. The van der Waals surface area contributed by atoms with Gasteiger partial charge in [-0.15, -0.1) is 0 Å². The predicted octanol–water partition coefficient (Wildman–Crippen LogP) is 4.73. The molecule has 0 aliphatic carbocycles. The van der Waals surface area contributed by atoms with Crippen molar-refractivity contribution < 1.29 is 27.9 Å². The highest BCUT2D eigenvalue weighted by molar-refractivity contribution is 5.99. The number of rotatable bonds is 5. The number of aryl methyl sites for hydroxylation is 1.